The lowest BCUT2D eigenvalue weighted by molar-refractivity contribution is 0.0652. The van der Waals surface area contributed by atoms with Gasteiger partial charge in [-0.05, 0) is 37.1 Å². The molecule has 0 saturated heterocycles. The van der Waals surface area contributed by atoms with Crippen LogP contribution in [-0.4, -0.2) is 53.9 Å². The first-order chi connectivity index (χ1) is 13.2. The minimum atomic E-state index is -0.189. The molecule has 2 N–H and O–H groups in total. The number of nitrogens with zero attached hydrogens (tertiary/aromatic N) is 3. The number of fused-ring (bicyclic) bond motifs is 1. The van der Waals surface area contributed by atoms with E-state index in [0.29, 0.717) is 17.7 Å². The van der Waals surface area contributed by atoms with E-state index >= 15 is 0 Å². The fourth-order valence-corrected chi connectivity index (χ4v) is 3.09. The van der Waals surface area contributed by atoms with Crippen molar-refractivity contribution in [3.63, 3.8) is 0 Å². The lowest BCUT2D eigenvalue weighted by Gasteiger charge is -2.15. The van der Waals surface area contributed by atoms with Gasteiger partial charge in [-0.2, -0.15) is 0 Å². The van der Waals surface area contributed by atoms with Crippen LogP contribution in [0.1, 0.15) is 33.6 Å². The van der Waals surface area contributed by atoms with Crippen LogP contribution in [0.5, 0.6) is 0 Å². The lowest BCUT2D eigenvalue weighted by Crippen LogP contribution is -2.39. The molecule has 0 saturated carbocycles. The normalized spacial score (nSPS) is 13.8. The first-order valence-corrected chi connectivity index (χ1v) is 9.21. The molecule has 7 heteroatoms. The average Bonchev–Trinajstić information content (AvgIpc) is 3.29. The van der Waals surface area contributed by atoms with Gasteiger partial charge in [0.05, 0.1) is 11.1 Å². The van der Waals surface area contributed by atoms with Crippen LogP contribution in [0, 0.1) is 0 Å². The van der Waals surface area contributed by atoms with Crippen LogP contribution in [0.25, 0.3) is 0 Å². The third kappa shape index (κ3) is 4.55. The monoisotopic (exact) mass is 367 g/mol. The summed E-state index contributed by atoms with van der Waals surface area (Å²) >= 11 is 0. The zero-order chi connectivity index (χ0) is 19.1. The molecule has 3 rings (SSSR count). The standard InChI is InChI=1S/C20H25N5O2/c1-21-20(23-11-15-24-12-6-7-13-24)22-10-4-5-14-25-18(26)16-8-2-3-9-17(16)19(25)27/h2-3,6-9,12-13H,4-5,10-11,14-15H2,1H3,(H2,21,22,23). The predicted molar refractivity (Wildman–Crippen MR) is 105 cm³/mol. The Labute approximate surface area is 159 Å². The predicted octanol–water partition coefficient (Wildman–Crippen LogP) is 1.73. The summed E-state index contributed by atoms with van der Waals surface area (Å²) in [7, 11) is 1.74. The van der Waals surface area contributed by atoms with Crippen LogP contribution in [0.4, 0.5) is 0 Å². The maximum Gasteiger partial charge on any atom is 0.261 e. The highest BCUT2D eigenvalue weighted by Gasteiger charge is 2.34. The van der Waals surface area contributed by atoms with E-state index in [2.05, 4.69) is 20.2 Å². The number of benzene rings is 1. The molecule has 0 aliphatic carbocycles. The summed E-state index contributed by atoms with van der Waals surface area (Å²) in [5.74, 6) is 0.375. The molecule has 1 aliphatic heterocycles. The Hall–Kier alpha value is -3.09. The molecule has 0 bridgehead atoms. The smallest absolute Gasteiger partial charge is 0.261 e. The molecular formula is C20H25N5O2. The third-order valence-electron chi connectivity index (χ3n) is 4.53. The van der Waals surface area contributed by atoms with Gasteiger partial charge in [0.2, 0.25) is 0 Å². The Bertz CT molecular complexity index is 779. The van der Waals surface area contributed by atoms with Crippen molar-refractivity contribution in [2.24, 2.45) is 4.99 Å². The molecule has 2 amide bonds. The lowest BCUT2D eigenvalue weighted by atomic mass is 10.1. The maximum absolute atomic E-state index is 12.3. The van der Waals surface area contributed by atoms with Crippen molar-refractivity contribution in [3.8, 4) is 0 Å². The Morgan fingerprint density at radius 3 is 2.15 bits per heavy atom. The van der Waals surface area contributed by atoms with E-state index in [1.54, 1.807) is 31.3 Å². The highest BCUT2D eigenvalue weighted by Crippen LogP contribution is 2.22. The number of carbonyl (C=O) groups is 2. The van der Waals surface area contributed by atoms with E-state index in [0.717, 1.165) is 38.4 Å². The third-order valence-corrected chi connectivity index (χ3v) is 4.53. The number of carbonyl (C=O) groups excluding carboxylic acids is 2. The zero-order valence-corrected chi connectivity index (χ0v) is 15.5. The molecule has 0 unspecified atom stereocenters. The molecule has 1 aromatic carbocycles. The summed E-state index contributed by atoms with van der Waals surface area (Å²) in [6.07, 6.45) is 5.64. The second-order valence-corrected chi connectivity index (χ2v) is 6.36. The molecule has 2 aromatic rings. The van der Waals surface area contributed by atoms with Gasteiger partial charge in [-0.25, -0.2) is 0 Å². The van der Waals surface area contributed by atoms with Crippen molar-refractivity contribution in [3.05, 3.63) is 59.9 Å². The van der Waals surface area contributed by atoms with Gasteiger partial charge in [0.1, 0.15) is 0 Å². The summed E-state index contributed by atoms with van der Waals surface area (Å²) in [5.41, 5.74) is 1.01. The number of nitrogens with one attached hydrogen (secondary N) is 2. The fraction of sp³-hybridized carbons (Fsp3) is 0.350. The molecule has 27 heavy (non-hydrogen) atoms. The van der Waals surface area contributed by atoms with Gasteiger partial charge in [-0.15, -0.1) is 0 Å². The molecule has 0 atom stereocenters. The topological polar surface area (TPSA) is 78.7 Å². The largest absolute Gasteiger partial charge is 0.356 e. The van der Waals surface area contributed by atoms with Crippen LogP contribution in [0.2, 0.25) is 0 Å². The summed E-state index contributed by atoms with van der Waals surface area (Å²) < 4.78 is 2.10. The van der Waals surface area contributed by atoms with Crippen molar-refractivity contribution >= 4 is 17.8 Å². The van der Waals surface area contributed by atoms with Crippen LogP contribution >= 0.6 is 0 Å². The highest BCUT2D eigenvalue weighted by molar-refractivity contribution is 6.21. The van der Waals surface area contributed by atoms with Gasteiger partial charge in [-0.1, -0.05) is 12.1 Å². The van der Waals surface area contributed by atoms with Crippen molar-refractivity contribution in [2.75, 3.05) is 26.7 Å². The minimum Gasteiger partial charge on any atom is -0.356 e. The number of unbranched alkanes of at least 4 members (excludes halogenated alkanes) is 1. The first kappa shape index (κ1) is 18.7. The molecule has 7 nitrogen and oxygen atoms in total. The Balaban J connectivity index is 1.34. The molecule has 142 valence electrons. The molecule has 1 aliphatic rings. The number of rotatable bonds is 8. The minimum absolute atomic E-state index is 0.189. The van der Waals surface area contributed by atoms with E-state index in [9.17, 15) is 9.59 Å². The van der Waals surface area contributed by atoms with Gasteiger partial charge in [0.25, 0.3) is 11.8 Å². The molecule has 0 spiro atoms. The molecule has 1 aromatic heterocycles. The van der Waals surface area contributed by atoms with Gasteiger partial charge in [0.15, 0.2) is 5.96 Å². The zero-order valence-electron chi connectivity index (χ0n) is 15.5. The Morgan fingerprint density at radius 1 is 0.889 bits per heavy atom. The van der Waals surface area contributed by atoms with Gasteiger partial charge < -0.3 is 15.2 Å². The number of hydrogen-bond donors (Lipinski definition) is 2. The molecule has 0 radical (unpaired) electrons. The second kappa shape index (κ2) is 9.02. The van der Waals surface area contributed by atoms with Crippen LogP contribution < -0.4 is 10.6 Å². The quantitative estimate of drug-likeness (QED) is 0.322. The summed E-state index contributed by atoms with van der Waals surface area (Å²) in [4.78, 5) is 30.1. The van der Waals surface area contributed by atoms with E-state index in [-0.39, 0.29) is 11.8 Å². The summed E-state index contributed by atoms with van der Waals surface area (Å²) in [6.45, 7) is 2.82. The van der Waals surface area contributed by atoms with Gasteiger partial charge >= 0.3 is 0 Å². The van der Waals surface area contributed by atoms with Gasteiger partial charge in [-0.3, -0.25) is 19.5 Å². The Kier molecular flexibility index (Phi) is 6.25. The van der Waals surface area contributed by atoms with E-state index in [4.69, 9.17) is 0 Å². The number of guanidine groups is 1. The van der Waals surface area contributed by atoms with E-state index in [1.165, 1.54) is 4.90 Å². The molecule has 2 heterocycles. The van der Waals surface area contributed by atoms with E-state index < -0.39 is 0 Å². The number of hydrogen-bond acceptors (Lipinski definition) is 3. The highest BCUT2D eigenvalue weighted by atomic mass is 16.2. The number of aliphatic imine (C=N–C) groups is 1. The fourth-order valence-electron chi connectivity index (χ4n) is 3.09. The Morgan fingerprint density at radius 2 is 1.52 bits per heavy atom. The van der Waals surface area contributed by atoms with Gasteiger partial charge in [0, 0.05) is 45.6 Å². The van der Waals surface area contributed by atoms with E-state index in [1.807, 2.05) is 24.5 Å². The number of amides is 2. The maximum atomic E-state index is 12.3. The van der Waals surface area contributed by atoms with Crippen molar-refractivity contribution in [1.29, 1.82) is 0 Å². The average molecular weight is 367 g/mol. The van der Waals surface area contributed by atoms with Crippen LogP contribution in [0.3, 0.4) is 0 Å². The van der Waals surface area contributed by atoms with Crippen molar-refractivity contribution < 1.29 is 9.59 Å². The number of aromatic nitrogens is 1. The number of imide groups is 1. The van der Waals surface area contributed by atoms with Crippen molar-refractivity contribution in [2.45, 2.75) is 19.4 Å². The molecule has 0 fully saturated rings. The SMILES string of the molecule is CN=C(NCCCCN1C(=O)c2ccccc2C1=O)NCCn1cccc1. The van der Waals surface area contributed by atoms with Crippen molar-refractivity contribution in [1.82, 2.24) is 20.1 Å². The molecular weight excluding hydrogens is 342 g/mol. The summed E-state index contributed by atoms with van der Waals surface area (Å²) in [5, 5.41) is 6.52. The summed E-state index contributed by atoms with van der Waals surface area (Å²) in [6, 6.07) is 11.0. The van der Waals surface area contributed by atoms with Crippen LogP contribution in [-0.2, 0) is 6.54 Å². The first-order valence-electron chi connectivity index (χ1n) is 9.21. The van der Waals surface area contributed by atoms with Crippen LogP contribution in [0.15, 0.2) is 53.8 Å². The second-order valence-electron chi connectivity index (χ2n) is 6.36.